The van der Waals surface area contributed by atoms with Crippen molar-refractivity contribution in [2.45, 2.75) is 42.4 Å². The van der Waals surface area contributed by atoms with Crippen LogP contribution in [0.4, 0.5) is 0 Å². The van der Waals surface area contributed by atoms with Gasteiger partial charge in [-0.3, -0.25) is 9.89 Å². The maximum absolute atomic E-state index is 4.51. The van der Waals surface area contributed by atoms with E-state index in [1.54, 1.807) is 0 Å². The van der Waals surface area contributed by atoms with Crippen LogP contribution in [0.5, 0.6) is 0 Å². The molecule has 2 aliphatic heterocycles. The highest BCUT2D eigenvalue weighted by molar-refractivity contribution is 8.00. The molecule has 1 N–H and O–H groups in total. The highest BCUT2D eigenvalue weighted by atomic mass is 32.2. The van der Waals surface area contributed by atoms with Crippen molar-refractivity contribution in [3.63, 3.8) is 0 Å². The van der Waals surface area contributed by atoms with Crippen LogP contribution >= 0.6 is 11.8 Å². The number of thioether (sulfide) groups is 1. The minimum Gasteiger partial charge on any atom is -0.355 e. The summed E-state index contributed by atoms with van der Waals surface area (Å²) in [5.41, 5.74) is 0. The summed E-state index contributed by atoms with van der Waals surface area (Å²) in [7, 11) is 1.90. The zero-order valence-electron chi connectivity index (χ0n) is 14.9. The third-order valence-corrected chi connectivity index (χ3v) is 6.07. The molecule has 2 fully saturated rings. The largest absolute Gasteiger partial charge is 0.355 e. The van der Waals surface area contributed by atoms with E-state index in [1.165, 1.54) is 37.2 Å². The van der Waals surface area contributed by atoms with Crippen molar-refractivity contribution in [3.8, 4) is 0 Å². The average molecular weight is 347 g/mol. The summed E-state index contributed by atoms with van der Waals surface area (Å²) in [6, 6.07) is 11.4. The molecule has 3 rings (SSSR count). The standard InChI is InChI=1S/C19H30N4S/c1-16(24-18-8-4-3-5-9-18)14-21-19(20-2)23-13-10-17(15-23)22-11-6-7-12-22/h3-5,8-9,16-17H,6-7,10-15H2,1-2H3,(H,20,21). The number of likely N-dealkylation sites (tertiary alicyclic amines) is 2. The lowest BCUT2D eigenvalue weighted by Gasteiger charge is -2.26. The van der Waals surface area contributed by atoms with Crippen LogP contribution in [0.3, 0.4) is 0 Å². The maximum Gasteiger partial charge on any atom is 0.193 e. The van der Waals surface area contributed by atoms with Crippen LogP contribution in [0, 0.1) is 0 Å². The summed E-state index contributed by atoms with van der Waals surface area (Å²) in [4.78, 5) is 10.9. The van der Waals surface area contributed by atoms with Crippen molar-refractivity contribution in [2.24, 2.45) is 4.99 Å². The Morgan fingerprint density at radius 1 is 1.25 bits per heavy atom. The van der Waals surface area contributed by atoms with Crippen LogP contribution in [0.15, 0.2) is 40.2 Å². The quantitative estimate of drug-likeness (QED) is 0.505. The first kappa shape index (κ1) is 17.6. The van der Waals surface area contributed by atoms with E-state index in [0.29, 0.717) is 5.25 Å². The van der Waals surface area contributed by atoms with E-state index in [4.69, 9.17) is 0 Å². The zero-order valence-corrected chi connectivity index (χ0v) is 15.8. The van der Waals surface area contributed by atoms with Crippen LogP contribution in [0.1, 0.15) is 26.2 Å². The van der Waals surface area contributed by atoms with Gasteiger partial charge in [-0.05, 0) is 44.5 Å². The second-order valence-corrected chi connectivity index (χ2v) is 8.31. The van der Waals surface area contributed by atoms with Gasteiger partial charge in [0, 0.05) is 42.9 Å². The van der Waals surface area contributed by atoms with Crippen molar-refractivity contribution in [3.05, 3.63) is 30.3 Å². The minimum atomic E-state index is 0.515. The van der Waals surface area contributed by atoms with Gasteiger partial charge in [-0.1, -0.05) is 25.1 Å². The molecule has 0 aromatic heterocycles. The van der Waals surface area contributed by atoms with E-state index in [0.717, 1.165) is 31.6 Å². The number of benzene rings is 1. The van der Waals surface area contributed by atoms with Crippen molar-refractivity contribution in [1.29, 1.82) is 0 Å². The second kappa shape index (κ2) is 8.77. The van der Waals surface area contributed by atoms with E-state index in [9.17, 15) is 0 Å². The van der Waals surface area contributed by atoms with Gasteiger partial charge in [-0.25, -0.2) is 0 Å². The van der Waals surface area contributed by atoms with Gasteiger partial charge in [0.25, 0.3) is 0 Å². The van der Waals surface area contributed by atoms with Crippen LogP contribution in [-0.2, 0) is 0 Å². The number of hydrogen-bond acceptors (Lipinski definition) is 3. The highest BCUT2D eigenvalue weighted by Gasteiger charge is 2.30. The first-order valence-electron chi connectivity index (χ1n) is 9.17. The first-order valence-corrected chi connectivity index (χ1v) is 10.1. The molecule has 24 heavy (non-hydrogen) atoms. The monoisotopic (exact) mass is 346 g/mol. The van der Waals surface area contributed by atoms with Gasteiger partial charge < -0.3 is 10.2 Å². The number of aliphatic imine (C=N–C) groups is 1. The van der Waals surface area contributed by atoms with Gasteiger partial charge in [0.05, 0.1) is 0 Å². The highest BCUT2D eigenvalue weighted by Crippen LogP contribution is 2.23. The Hall–Kier alpha value is -1.20. The molecule has 0 radical (unpaired) electrons. The molecule has 2 saturated heterocycles. The lowest BCUT2D eigenvalue weighted by atomic mass is 10.2. The molecule has 1 aromatic rings. The molecule has 0 bridgehead atoms. The van der Waals surface area contributed by atoms with Gasteiger partial charge in [-0.2, -0.15) is 0 Å². The van der Waals surface area contributed by atoms with Crippen LogP contribution in [0.2, 0.25) is 0 Å². The van der Waals surface area contributed by atoms with E-state index in [1.807, 2.05) is 18.8 Å². The topological polar surface area (TPSA) is 30.9 Å². The molecule has 5 heteroatoms. The fourth-order valence-corrected chi connectivity index (χ4v) is 4.62. The fourth-order valence-electron chi connectivity index (χ4n) is 3.68. The predicted octanol–water partition coefficient (Wildman–Crippen LogP) is 2.91. The molecule has 0 saturated carbocycles. The summed E-state index contributed by atoms with van der Waals surface area (Å²) >= 11 is 1.92. The Labute approximate surface area is 150 Å². The van der Waals surface area contributed by atoms with E-state index in [2.05, 4.69) is 57.4 Å². The molecule has 0 spiro atoms. The second-order valence-electron chi connectivity index (χ2n) is 6.80. The van der Waals surface area contributed by atoms with E-state index in [-0.39, 0.29) is 0 Å². The smallest absolute Gasteiger partial charge is 0.193 e. The van der Waals surface area contributed by atoms with Crippen molar-refractivity contribution in [2.75, 3.05) is 39.8 Å². The Morgan fingerprint density at radius 3 is 2.71 bits per heavy atom. The molecule has 2 aliphatic rings. The molecule has 1 aromatic carbocycles. The average Bonchev–Trinajstić information content (AvgIpc) is 3.28. The van der Waals surface area contributed by atoms with Crippen molar-refractivity contribution in [1.82, 2.24) is 15.1 Å². The van der Waals surface area contributed by atoms with Gasteiger partial charge in [-0.15, -0.1) is 11.8 Å². The fraction of sp³-hybridized carbons (Fsp3) is 0.632. The molecule has 132 valence electrons. The number of hydrogen-bond donors (Lipinski definition) is 1. The Balaban J connectivity index is 1.45. The lowest BCUT2D eigenvalue weighted by Crippen LogP contribution is -2.44. The lowest BCUT2D eigenvalue weighted by molar-refractivity contribution is 0.249. The van der Waals surface area contributed by atoms with Gasteiger partial charge in [0.15, 0.2) is 5.96 Å². The predicted molar refractivity (Wildman–Crippen MR) is 104 cm³/mol. The minimum absolute atomic E-state index is 0.515. The Morgan fingerprint density at radius 2 is 2.00 bits per heavy atom. The third-order valence-electron chi connectivity index (χ3n) is 4.96. The van der Waals surface area contributed by atoms with E-state index < -0.39 is 0 Å². The molecule has 2 unspecified atom stereocenters. The van der Waals surface area contributed by atoms with Crippen LogP contribution < -0.4 is 5.32 Å². The molecule has 4 nitrogen and oxygen atoms in total. The Bertz CT molecular complexity index is 527. The molecule has 0 aliphatic carbocycles. The van der Waals surface area contributed by atoms with Crippen LogP contribution in [-0.4, -0.2) is 66.8 Å². The van der Waals surface area contributed by atoms with Gasteiger partial charge in [0.2, 0.25) is 0 Å². The van der Waals surface area contributed by atoms with Crippen molar-refractivity contribution < 1.29 is 0 Å². The summed E-state index contributed by atoms with van der Waals surface area (Å²) in [5, 5.41) is 4.09. The third kappa shape index (κ3) is 4.67. The number of rotatable bonds is 5. The molecular weight excluding hydrogens is 316 g/mol. The normalized spacial score (nSPS) is 23.7. The first-order chi connectivity index (χ1) is 11.8. The zero-order chi connectivity index (χ0) is 16.8. The van der Waals surface area contributed by atoms with Gasteiger partial charge >= 0.3 is 0 Å². The van der Waals surface area contributed by atoms with Crippen LogP contribution in [0.25, 0.3) is 0 Å². The molecular formula is C19H30N4S. The van der Waals surface area contributed by atoms with Crippen molar-refractivity contribution >= 4 is 17.7 Å². The summed E-state index contributed by atoms with van der Waals surface area (Å²) in [6.07, 6.45) is 4.02. The van der Waals surface area contributed by atoms with Gasteiger partial charge in [0.1, 0.15) is 0 Å². The Kier molecular flexibility index (Phi) is 6.44. The molecule has 2 heterocycles. The molecule has 0 amide bonds. The maximum atomic E-state index is 4.51. The number of guanidine groups is 1. The molecule has 2 atom stereocenters. The SMILES string of the molecule is CN=C(NCC(C)Sc1ccccc1)N1CCC(N2CCCC2)C1. The summed E-state index contributed by atoms with van der Waals surface area (Å²) in [6.45, 7) is 8.04. The summed E-state index contributed by atoms with van der Waals surface area (Å²) in [5.74, 6) is 1.07. The summed E-state index contributed by atoms with van der Waals surface area (Å²) < 4.78 is 0. The van der Waals surface area contributed by atoms with E-state index >= 15 is 0 Å². The number of nitrogens with zero attached hydrogens (tertiary/aromatic N) is 3. The number of nitrogens with one attached hydrogen (secondary N) is 1.